The van der Waals surface area contributed by atoms with Crippen molar-refractivity contribution in [3.05, 3.63) is 48.0 Å². The van der Waals surface area contributed by atoms with Crippen molar-refractivity contribution in [1.82, 2.24) is 0 Å². The average Bonchev–Trinajstić information content (AvgIpc) is 2.71. The third-order valence-electron chi connectivity index (χ3n) is 5.26. The van der Waals surface area contributed by atoms with Crippen LogP contribution in [0.5, 0.6) is 0 Å². The summed E-state index contributed by atoms with van der Waals surface area (Å²) in [6, 6.07) is 12.7. The second-order valence-corrected chi connectivity index (χ2v) is 10.3. The molecule has 2 aromatic carbocycles. The number of rotatable bonds is 4. The molecule has 0 aromatic heterocycles. The van der Waals surface area contributed by atoms with Crippen LogP contribution in [0.25, 0.3) is 0 Å². The maximum atomic E-state index is 13.0. The number of sulfone groups is 1. The average molecular weight is 431 g/mol. The van der Waals surface area contributed by atoms with E-state index in [1.807, 2.05) is 24.3 Å². The molecule has 0 atom stereocenters. The number of para-hydroxylation sites is 1. The van der Waals surface area contributed by atoms with Crippen LogP contribution in [0.4, 0.5) is 11.4 Å². The van der Waals surface area contributed by atoms with Gasteiger partial charge in [-0.2, -0.15) is 0 Å². The molecule has 2 heterocycles. The molecule has 6 nitrogen and oxygen atoms in total. The van der Waals surface area contributed by atoms with E-state index in [2.05, 4.69) is 0 Å². The van der Waals surface area contributed by atoms with Gasteiger partial charge in [-0.15, -0.1) is 11.8 Å². The van der Waals surface area contributed by atoms with E-state index in [4.69, 9.17) is 0 Å². The quantitative estimate of drug-likeness (QED) is 0.746. The van der Waals surface area contributed by atoms with Crippen molar-refractivity contribution in [1.29, 1.82) is 0 Å². The maximum absolute atomic E-state index is 13.0. The zero-order valence-corrected chi connectivity index (χ0v) is 17.8. The number of amides is 2. The van der Waals surface area contributed by atoms with Gasteiger partial charge in [0.05, 0.1) is 16.3 Å². The SMILES string of the molecule is CS(=O)(=O)c1ccc2c(c1)CCCN2C(=O)CCN1C(=O)CSc2ccccc21. The lowest BCUT2D eigenvalue weighted by molar-refractivity contribution is -0.118. The molecule has 29 heavy (non-hydrogen) atoms. The zero-order chi connectivity index (χ0) is 20.6. The number of fused-ring (bicyclic) bond motifs is 2. The van der Waals surface area contributed by atoms with Gasteiger partial charge in [0.1, 0.15) is 0 Å². The zero-order valence-electron chi connectivity index (χ0n) is 16.1. The largest absolute Gasteiger partial charge is 0.312 e. The smallest absolute Gasteiger partial charge is 0.237 e. The summed E-state index contributed by atoms with van der Waals surface area (Å²) in [6.45, 7) is 0.937. The van der Waals surface area contributed by atoms with E-state index < -0.39 is 9.84 Å². The molecule has 0 aliphatic carbocycles. The number of hydrogen-bond donors (Lipinski definition) is 0. The van der Waals surface area contributed by atoms with Gasteiger partial charge in [-0.3, -0.25) is 9.59 Å². The van der Waals surface area contributed by atoms with Crippen molar-refractivity contribution >= 4 is 44.8 Å². The summed E-state index contributed by atoms with van der Waals surface area (Å²) in [5.74, 6) is 0.339. The molecule has 0 fully saturated rings. The fourth-order valence-corrected chi connectivity index (χ4v) is 5.41. The Labute approximate surface area is 174 Å². The highest BCUT2D eigenvalue weighted by molar-refractivity contribution is 8.00. The van der Waals surface area contributed by atoms with E-state index >= 15 is 0 Å². The minimum absolute atomic E-state index is 0.0124. The highest BCUT2D eigenvalue weighted by Crippen LogP contribution is 2.35. The van der Waals surface area contributed by atoms with Crippen LogP contribution >= 0.6 is 11.8 Å². The lowest BCUT2D eigenvalue weighted by atomic mass is 10.0. The fraction of sp³-hybridized carbons (Fsp3) is 0.333. The molecular formula is C21H22N2O4S2. The third-order valence-corrected chi connectivity index (χ3v) is 7.41. The van der Waals surface area contributed by atoms with Crippen LogP contribution in [0.2, 0.25) is 0 Å². The second kappa shape index (κ2) is 7.84. The molecule has 2 aliphatic rings. The van der Waals surface area contributed by atoms with Crippen LogP contribution < -0.4 is 9.80 Å². The van der Waals surface area contributed by atoms with Crippen molar-refractivity contribution in [2.45, 2.75) is 29.1 Å². The van der Waals surface area contributed by atoms with Crippen LogP contribution in [0.3, 0.4) is 0 Å². The molecule has 2 aromatic rings. The highest BCUT2D eigenvalue weighted by atomic mass is 32.2. The van der Waals surface area contributed by atoms with Gasteiger partial charge < -0.3 is 9.80 Å². The van der Waals surface area contributed by atoms with Crippen LogP contribution in [0, 0.1) is 0 Å². The molecule has 0 N–H and O–H groups in total. The van der Waals surface area contributed by atoms with E-state index in [-0.39, 0.29) is 23.1 Å². The van der Waals surface area contributed by atoms with Gasteiger partial charge in [0.15, 0.2) is 9.84 Å². The number of hydrogen-bond acceptors (Lipinski definition) is 5. The van der Waals surface area contributed by atoms with Crippen molar-refractivity contribution < 1.29 is 18.0 Å². The second-order valence-electron chi connectivity index (χ2n) is 7.26. The first-order chi connectivity index (χ1) is 13.8. The monoisotopic (exact) mass is 430 g/mol. The lowest BCUT2D eigenvalue weighted by Gasteiger charge is -2.32. The Hall–Kier alpha value is -2.32. The van der Waals surface area contributed by atoms with Gasteiger partial charge in [-0.05, 0) is 48.7 Å². The Kier molecular flexibility index (Phi) is 5.40. The fourth-order valence-electron chi connectivity index (χ4n) is 3.80. The summed E-state index contributed by atoms with van der Waals surface area (Å²) >= 11 is 1.52. The molecule has 152 valence electrons. The van der Waals surface area contributed by atoms with Gasteiger partial charge in [0.25, 0.3) is 0 Å². The van der Waals surface area contributed by atoms with Crippen LogP contribution in [0.15, 0.2) is 52.3 Å². The third kappa shape index (κ3) is 4.04. The Morgan fingerprint density at radius 1 is 1.14 bits per heavy atom. The molecular weight excluding hydrogens is 408 g/mol. The number of nitrogens with zero attached hydrogens (tertiary/aromatic N) is 2. The molecule has 0 spiro atoms. The number of benzene rings is 2. The Bertz CT molecular complexity index is 1080. The summed E-state index contributed by atoms with van der Waals surface area (Å²) in [5, 5.41) is 0. The van der Waals surface area contributed by atoms with E-state index in [1.165, 1.54) is 18.0 Å². The van der Waals surface area contributed by atoms with Crippen molar-refractivity contribution in [3.63, 3.8) is 0 Å². The normalized spacial score (nSPS) is 16.4. The number of anilines is 2. The predicted octanol–water partition coefficient (Wildman–Crippen LogP) is 2.90. The summed E-state index contributed by atoms with van der Waals surface area (Å²) in [4.78, 5) is 30.1. The number of thioether (sulfide) groups is 1. The summed E-state index contributed by atoms with van der Waals surface area (Å²) in [6.07, 6.45) is 2.94. The minimum Gasteiger partial charge on any atom is -0.312 e. The Morgan fingerprint density at radius 3 is 2.72 bits per heavy atom. The number of aryl methyl sites for hydroxylation is 1. The van der Waals surface area contributed by atoms with Crippen LogP contribution in [-0.4, -0.2) is 45.3 Å². The van der Waals surface area contributed by atoms with Crippen molar-refractivity contribution in [2.75, 3.05) is 34.9 Å². The van der Waals surface area contributed by atoms with E-state index in [0.717, 1.165) is 34.7 Å². The maximum Gasteiger partial charge on any atom is 0.237 e. The molecule has 0 radical (unpaired) electrons. The van der Waals surface area contributed by atoms with E-state index in [9.17, 15) is 18.0 Å². The molecule has 0 saturated heterocycles. The molecule has 0 bridgehead atoms. The first-order valence-corrected chi connectivity index (χ1v) is 12.4. The lowest BCUT2D eigenvalue weighted by Crippen LogP contribution is -2.41. The van der Waals surface area contributed by atoms with Crippen LogP contribution in [0.1, 0.15) is 18.4 Å². The van der Waals surface area contributed by atoms with Crippen molar-refractivity contribution in [2.24, 2.45) is 0 Å². The number of carbonyl (C=O) groups excluding carboxylic acids is 2. The number of carbonyl (C=O) groups is 2. The van der Waals surface area contributed by atoms with Gasteiger partial charge in [0, 0.05) is 36.3 Å². The van der Waals surface area contributed by atoms with Gasteiger partial charge in [-0.25, -0.2) is 8.42 Å². The van der Waals surface area contributed by atoms with Gasteiger partial charge in [-0.1, -0.05) is 12.1 Å². The van der Waals surface area contributed by atoms with E-state index in [0.29, 0.717) is 18.8 Å². The molecule has 2 aliphatic heterocycles. The van der Waals surface area contributed by atoms with Gasteiger partial charge in [0.2, 0.25) is 11.8 Å². The molecule has 2 amide bonds. The summed E-state index contributed by atoms with van der Waals surface area (Å²) in [5.41, 5.74) is 2.51. The molecule has 8 heteroatoms. The predicted molar refractivity (Wildman–Crippen MR) is 114 cm³/mol. The summed E-state index contributed by atoms with van der Waals surface area (Å²) < 4.78 is 23.6. The first kappa shape index (κ1) is 20.0. The molecule has 4 rings (SSSR count). The molecule has 0 unspecified atom stereocenters. The van der Waals surface area contributed by atoms with Gasteiger partial charge >= 0.3 is 0 Å². The van der Waals surface area contributed by atoms with Crippen LogP contribution in [-0.2, 0) is 25.8 Å². The highest BCUT2D eigenvalue weighted by Gasteiger charge is 2.27. The topological polar surface area (TPSA) is 74.8 Å². The Balaban J connectivity index is 1.51. The standard InChI is InChI=1S/C21H22N2O4S2/c1-29(26,27)16-8-9-17-15(13-16)5-4-11-22(17)20(24)10-12-23-18-6-2-3-7-19(18)28-14-21(23)25/h2-3,6-9,13H,4-5,10-12,14H2,1H3. The van der Waals surface area contributed by atoms with E-state index in [1.54, 1.807) is 28.0 Å². The first-order valence-electron chi connectivity index (χ1n) is 9.50. The van der Waals surface area contributed by atoms with Crippen molar-refractivity contribution in [3.8, 4) is 0 Å². The molecule has 0 saturated carbocycles. The Morgan fingerprint density at radius 2 is 1.93 bits per heavy atom. The summed E-state index contributed by atoms with van der Waals surface area (Å²) in [7, 11) is -3.28. The minimum atomic E-state index is -3.28.